The van der Waals surface area contributed by atoms with Gasteiger partial charge in [-0.25, -0.2) is 0 Å². The molecule has 0 saturated heterocycles. The van der Waals surface area contributed by atoms with Crippen LogP contribution in [0.3, 0.4) is 0 Å². The molecule has 1 unspecified atom stereocenters. The molecule has 0 amide bonds. The molecule has 0 aromatic carbocycles. The van der Waals surface area contributed by atoms with Gasteiger partial charge in [-0.05, 0) is 47.8 Å². The van der Waals surface area contributed by atoms with Crippen LogP contribution in [0.5, 0.6) is 0 Å². The number of nitrogens with one attached hydrogen (secondary N) is 1. The lowest BCUT2D eigenvalue weighted by Crippen LogP contribution is -2.28. The highest BCUT2D eigenvalue weighted by Crippen LogP contribution is 2.14. The van der Waals surface area contributed by atoms with Gasteiger partial charge in [-0.15, -0.1) is 0 Å². The van der Waals surface area contributed by atoms with Crippen molar-refractivity contribution in [1.82, 2.24) is 5.32 Å². The summed E-state index contributed by atoms with van der Waals surface area (Å²) in [5.74, 6) is 0.990. The minimum absolute atomic E-state index is 0.275. The van der Waals surface area contributed by atoms with E-state index in [0.717, 1.165) is 36.2 Å². The van der Waals surface area contributed by atoms with Gasteiger partial charge in [0, 0.05) is 25.6 Å². The first-order valence-corrected chi connectivity index (χ1v) is 6.10. The van der Waals surface area contributed by atoms with E-state index in [0.29, 0.717) is 6.04 Å². The Labute approximate surface area is 99.0 Å². The summed E-state index contributed by atoms with van der Waals surface area (Å²) < 4.78 is 6.17. The normalized spacial score (nSPS) is 13.0. The number of hydrogen-bond acceptors (Lipinski definition) is 3. The summed E-state index contributed by atoms with van der Waals surface area (Å²) in [6.45, 7) is 3.32. The van der Waals surface area contributed by atoms with E-state index in [1.165, 1.54) is 0 Å². The minimum Gasteiger partial charge on any atom is -0.454 e. The molecule has 1 rings (SSSR count). The topological polar surface area (TPSA) is 45.4 Å². The lowest BCUT2D eigenvalue weighted by atomic mass is 10.2. The first-order chi connectivity index (χ1) is 7.22. The van der Waals surface area contributed by atoms with Gasteiger partial charge in [0.05, 0.1) is 0 Å². The summed E-state index contributed by atoms with van der Waals surface area (Å²) in [6, 6.07) is 4.34. The van der Waals surface area contributed by atoms with Crippen LogP contribution in [0.2, 0.25) is 0 Å². The number of hydrogen-bond donors (Lipinski definition) is 2. The summed E-state index contributed by atoms with van der Waals surface area (Å²) in [4.78, 5) is 0. The van der Waals surface area contributed by atoms with Crippen molar-refractivity contribution in [1.29, 1.82) is 0 Å². The Morgan fingerprint density at radius 1 is 1.53 bits per heavy atom. The fraction of sp³-hybridized carbons (Fsp3) is 0.636. The Morgan fingerprint density at radius 2 is 2.33 bits per heavy atom. The van der Waals surface area contributed by atoms with Crippen molar-refractivity contribution in [2.75, 3.05) is 13.2 Å². The quantitative estimate of drug-likeness (QED) is 0.803. The minimum atomic E-state index is 0.275. The van der Waals surface area contributed by atoms with Gasteiger partial charge in [-0.2, -0.15) is 0 Å². The van der Waals surface area contributed by atoms with Gasteiger partial charge in [0.25, 0.3) is 0 Å². The lowest BCUT2D eigenvalue weighted by Gasteiger charge is -2.11. The summed E-state index contributed by atoms with van der Waals surface area (Å²) >= 11 is 3.27. The number of rotatable bonds is 7. The molecule has 0 spiro atoms. The van der Waals surface area contributed by atoms with E-state index >= 15 is 0 Å². The molecule has 1 heterocycles. The molecule has 0 radical (unpaired) electrons. The van der Waals surface area contributed by atoms with Crippen molar-refractivity contribution < 1.29 is 9.52 Å². The largest absolute Gasteiger partial charge is 0.454 e. The maximum absolute atomic E-state index is 8.67. The van der Waals surface area contributed by atoms with Crippen molar-refractivity contribution in [2.45, 2.75) is 32.2 Å². The van der Waals surface area contributed by atoms with Gasteiger partial charge < -0.3 is 14.8 Å². The number of furan rings is 1. The maximum Gasteiger partial charge on any atom is 0.169 e. The average Bonchev–Trinajstić information content (AvgIpc) is 2.61. The fourth-order valence-electron chi connectivity index (χ4n) is 1.43. The smallest absolute Gasteiger partial charge is 0.169 e. The van der Waals surface area contributed by atoms with E-state index < -0.39 is 0 Å². The van der Waals surface area contributed by atoms with Gasteiger partial charge >= 0.3 is 0 Å². The van der Waals surface area contributed by atoms with E-state index in [-0.39, 0.29) is 6.61 Å². The summed E-state index contributed by atoms with van der Waals surface area (Å²) in [5, 5.41) is 12.1. The first kappa shape index (κ1) is 12.7. The molecule has 0 bridgehead atoms. The number of aliphatic hydroxyl groups excluding tert-OH is 1. The maximum atomic E-state index is 8.67. The SMILES string of the molecule is CC(CCCO)NCCc1ccc(Br)o1. The zero-order valence-corrected chi connectivity index (χ0v) is 10.6. The Kier molecular flexibility index (Phi) is 5.98. The molecule has 15 heavy (non-hydrogen) atoms. The van der Waals surface area contributed by atoms with Gasteiger partial charge in [0.1, 0.15) is 5.76 Å². The molecule has 3 nitrogen and oxygen atoms in total. The van der Waals surface area contributed by atoms with Gasteiger partial charge in [-0.3, -0.25) is 0 Å². The van der Waals surface area contributed by atoms with Crippen LogP contribution >= 0.6 is 15.9 Å². The van der Waals surface area contributed by atoms with Crippen molar-refractivity contribution >= 4 is 15.9 Å². The molecule has 0 aliphatic rings. The highest BCUT2D eigenvalue weighted by molar-refractivity contribution is 9.10. The molecular formula is C11H18BrNO2. The average molecular weight is 276 g/mol. The lowest BCUT2D eigenvalue weighted by molar-refractivity contribution is 0.276. The molecule has 4 heteroatoms. The van der Waals surface area contributed by atoms with Crippen LogP contribution in [0.15, 0.2) is 21.2 Å². The molecule has 0 aliphatic heterocycles. The molecule has 1 atom stereocenters. The number of aliphatic hydroxyl groups is 1. The van der Waals surface area contributed by atoms with E-state index in [9.17, 15) is 0 Å². The van der Waals surface area contributed by atoms with Crippen molar-refractivity contribution in [2.24, 2.45) is 0 Å². The van der Waals surface area contributed by atoms with E-state index in [1.54, 1.807) is 0 Å². The van der Waals surface area contributed by atoms with Crippen molar-refractivity contribution in [3.05, 3.63) is 22.6 Å². The predicted octanol–water partition coefficient (Wildman–Crippen LogP) is 2.34. The Morgan fingerprint density at radius 3 is 2.93 bits per heavy atom. The molecule has 86 valence electrons. The highest BCUT2D eigenvalue weighted by Gasteiger charge is 2.02. The Hall–Kier alpha value is -0.320. The van der Waals surface area contributed by atoms with Crippen LogP contribution < -0.4 is 5.32 Å². The van der Waals surface area contributed by atoms with Crippen LogP contribution in [0, 0.1) is 0 Å². The second kappa shape index (κ2) is 7.04. The van der Waals surface area contributed by atoms with E-state index in [4.69, 9.17) is 9.52 Å². The molecule has 2 N–H and O–H groups in total. The Bertz CT molecular complexity index is 275. The summed E-state index contributed by atoms with van der Waals surface area (Å²) in [5.41, 5.74) is 0. The molecule has 0 fully saturated rings. The number of halogens is 1. The molecule has 0 aliphatic carbocycles. The van der Waals surface area contributed by atoms with Gasteiger partial charge in [-0.1, -0.05) is 0 Å². The third-order valence-corrected chi connectivity index (χ3v) is 2.71. The first-order valence-electron chi connectivity index (χ1n) is 5.31. The van der Waals surface area contributed by atoms with E-state index in [1.807, 2.05) is 12.1 Å². The molecule has 0 saturated carbocycles. The standard InChI is InChI=1S/C11H18BrNO2/c1-9(3-2-8-14)13-7-6-10-4-5-11(12)15-10/h4-5,9,13-14H,2-3,6-8H2,1H3. The zero-order valence-electron chi connectivity index (χ0n) is 9.00. The van der Waals surface area contributed by atoms with Crippen LogP contribution in [0.25, 0.3) is 0 Å². The van der Waals surface area contributed by atoms with Crippen LogP contribution in [-0.4, -0.2) is 24.3 Å². The molecule has 1 aromatic rings. The summed E-state index contributed by atoms with van der Waals surface area (Å²) in [6.07, 6.45) is 2.77. The van der Waals surface area contributed by atoms with Crippen LogP contribution in [-0.2, 0) is 6.42 Å². The van der Waals surface area contributed by atoms with Crippen LogP contribution in [0.1, 0.15) is 25.5 Å². The van der Waals surface area contributed by atoms with Gasteiger partial charge in [0.15, 0.2) is 4.67 Å². The molecular weight excluding hydrogens is 258 g/mol. The highest BCUT2D eigenvalue weighted by atomic mass is 79.9. The predicted molar refractivity (Wildman–Crippen MR) is 63.9 cm³/mol. The zero-order chi connectivity index (χ0) is 11.1. The van der Waals surface area contributed by atoms with Crippen LogP contribution in [0.4, 0.5) is 0 Å². The third-order valence-electron chi connectivity index (χ3n) is 2.29. The third kappa shape index (κ3) is 5.35. The molecule has 1 aromatic heterocycles. The van der Waals surface area contributed by atoms with Gasteiger partial charge in [0.2, 0.25) is 0 Å². The van der Waals surface area contributed by atoms with Crippen molar-refractivity contribution in [3.8, 4) is 0 Å². The fourth-order valence-corrected chi connectivity index (χ4v) is 1.77. The summed E-state index contributed by atoms with van der Waals surface area (Å²) in [7, 11) is 0. The van der Waals surface area contributed by atoms with Crippen molar-refractivity contribution in [3.63, 3.8) is 0 Å². The monoisotopic (exact) mass is 275 g/mol. The Balaban J connectivity index is 2.10. The second-order valence-electron chi connectivity index (χ2n) is 3.68. The second-order valence-corrected chi connectivity index (χ2v) is 4.46. The van der Waals surface area contributed by atoms with E-state index in [2.05, 4.69) is 28.2 Å².